The van der Waals surface area contributed by atoms with Gasteiger partial charge in [-0.2, -0.15) is 0 Å². The second-order valence-corrected chi connectivity index (χ2v) is 2.53. The van der Waals surface area contributed by atoms with E-state index in [1.807, 2.05) is 6.08 Å². The summed E-state index contributed by atoms with van der Waals surface area (Å²) in [5.74, 6) is 0. The Morgan fingerprint density at radius 3 is 2.55 bits per heavy atom. The van der Waals surface area contributed by atoms with Gasteiger partial charge < -0.3 is 9.84 Å². The normalized spacial score (nSPS) is 10.7. The van der Waals surface area contributed by atoms with Crippen LogP contribution in [0.4, 0.5) is 0 Å². The first-order chi connectivity index (χ1) is 5.41. The summed E-state index contributed by atoms with van der Waals surface area (Å²) >= 11 is 0. The number of aliphatic hydroxyl groups excluding tert-OH is 1. The molecule has 0 bridgehead atoms. The van der Waals surface area contributed by atoms with E-state index in [0.29, 0.717) is 6.61 Å². The Hall–Kier alpha value is -0.500. The highest BCUT2D eigenvalue weighted by atomic mass is 16.5. The smallest absolute Gasteiger partial charge is 0.0784 e. The molecular formula is C9H18O2. The molecule has 2 heteroatoms. The highest BCUT2D eigenvalue weighted by molar-refractivity contribution is 4.72. The lowest BCUT2D eigenvalue weighted by Gasteiger charge is -1.95. The van der Waals surface area contributed by atoms with Crippen molar-refractivity contribution < 1.29 is 9.84 Å². The van der Waals surface area contributed by atoms with Crippen molar-refractivity contribution in [2.45, 2.75) is 32.1 Å². The molecule has 0 aromatic rings. The minimum absolute atomic E-state index is 0.327. The molecule has 0 atom stereocenters. The van der Waals surface area contributed by atoms with Gasteiger partial charge in [-0.25, -0.2) is 0 Å². The van der Waals surface area contributed by atoms with Gasteiger partial charge in [-0.1, -0.05) is 12.8 Å². The van der Waals surface area contributed by atoms with E-state index in [1.54, 1.807) is 13.4 Å². The Morgan fingerprint density at radius 2 is 1.91 bits per heavy atom. The van der Waals surface area contributed by atoms with Crippen molar-refractivity contribution in [3.63, 3.8) is 0 Å². The number of unbranched alkanes of at least 4 members (excludes halogenated alkanes) is 4. The van der Waals surface area contributed by atoms with Crippen molar-refractivity contribution in [1.29, 1.82) is 0 Å². The lowest BCUT2D eigenvalue weighted by atomic mass is 10.1. The molecule has 0 saturated carbocycles. The maximum absolute atomic E-state index is 8.47. The molecule has 1 N–H and O–H groups in total. The van der Waals surface area contributed by atoms with E-state index in [2.05, 4.69) is 0 Å². The molecule has 0 aliphatic carbocycles. The molecule has 0 aromatic carbocycles. The summed E-state index contributed by atoms with van der Waals surface area (Å²) < 4.78 is 4.75. The number of allylic oxidation sites excluding steroid dienone is 1. The minimum Gasteiger partial charge on any atom is -0.505 e. The molecule has 0 saturated heterocycles. The van der Waals surface area contributed by atoms with Gasteiger partial charge in [-0.15, -0.1) is 0 Å². The van der Waals surface area contributed by atoms with Gasteiger partial charge in [-0.05, 0) is 25.3 Å². The maximum Gasteiger partial charge on any atom is 0.0784 e. The van der Waals surface area contributed by atoms with Gasteiger partial charge in [0.2, 0.25) is 0 Å². The van der Waals surface area contributed by atoms with Crippen LogP contribution in [-0.2, 0) is 4.74 Å². The molecule has 0 aliphatic rings. The zero-order valence-corrected chi connectivity index (χ0v) is 7.25. The lowest BCUT2D eigenvalue weighted by molar-refractivity contribution is 0.282. The van der Waals surface area contributed by atoms with Gasteiger partial charge >= 0.3 is 0 Å². The van der Waals surface area contributed by atoms with Gasteiger partial charge in [0.1, 0.15) is 0 Å². The Kier molecular flexibility index (Phi) is 9.07. The van der Waals surface area contributed by atoms with Crippen LogP contribution in [0.2, 0.25) is 0 Å². The zero-order chi connectivity index (χ0) is 8.36. The number of aliphatic hydroxyl groups is 1. The molecule has 66 valence electrons. The first kappa shape index (κ1) is 10.5. The zero-order valence-electron chi connectivity index (χ0n) is 7.25. The summed E-state index contributed by atoms with van der Waals surface area (Å²) in [4.78, 5) is 0. The van der Waals surface area contributed by atoms with E-state index in [9.17, 15) is 0 Å². The molecule has 0 spiro atoms. The van der Waals surface area contributed by atoms with Crippen LogP contribution in [0.1, 0.15) is 32.1 Å². The van der Waals surface area contributed by atoms with Crippen LogP contribution >= 0.6 is 0 Å². The molecule has 0 unspecified atom stereocenters. The van der Waals surface area contributed by atoms with Gasteiger partial charge in [0.05, 0.1) is 13.4 Å². The Balaban J connectivity index is 2.85. The number of methoxy groups -OCH3 is 1. The summed E-state index contributed by atoms with van der Waals surface area (Å²) in [6.45, 7) is 0.327. The third kappa shape index (κ3) is 9.50. The van der Waals surface area contributed by atoms with E-state index in [4.69, 9.17) is 9.84 Å². The largest absolute Gasteiger partial charge is 0.505 e. The van der Waals surface area contributed by atoms with Crippen molar-refractivity contribution in [3.05, 3.63) is 12.3 Å². The van der Waals surface area contributed by atoms with Crippen LogP contribution < -0.4 is 0 Å². The van der Waals surface area contributed by atoms with E-state index >= 15 is 0 Å². The van der Waals surface area contributed by atoms with E-state index in [1.165, 1.54) is 12.8 Å². The second-order valence-electron chi connectivity index (χ2n) is 2.53. The monoisotopic (exact) mass is 158 g/mol. The fraction of sp³-hybridized carbons (Fsp3) is 0.778. The Bertz CT molecular complexity index is 89.6. The van der Waals surface area contributed by atoms with Gasteiger partial charge in [-0.3, -0.25) is 0 Å². The fourth-order valence-corrected chi connectivity index (χ4v) is 0.892. The van der Waals surface area contributed by atoms with Gasteiger partial charge in [0.15, 0.2) is 0 Å². The number of hydrogen-bond acceptors (Lipinski definition) is 2. The van der Waals surface area contributed by atoms with Crippen molar-refractivity contribution in [3.8, 4) is 0 Å². The molecule has 11 heavy (non-hydrogen) atoms. The molecule has 2 nitrogen and oxygen atoms in total. The Labute approximate surface area is 68.9 Å². The van der Waals surface area contributed by atoms with Crippen molar-refractivity contribution in [2.75, 3.05) is 13.7 Å². The highest BCUT2D eigenvalue weighted by Gasteiger charge is 1.86. The summed E-state index contributed by atoms with van der Waals surface area (Å²) in [5, 5.41) is 8.47. The van der Waals surface area contributed by atoms with E-state index < -0.39 is 0 Å². The molecule has 0 fully saturated rings. The average molecular weight is 158 g/mol. The number of rotatable bonds is 7. The van der Waals surface area contributed by atoms with Crippen molar-refractivity contribution in [1.82, 2.24) is 0 Å². The predicted molar refractivity (Wildman–Crippen MR) is 46.3 cm³/mol. The summed E-state index contributed by atoms with van der Waals surface area (Å²) in [7, 11) is 1.66. The van der Waals surface area contributed by atoms with E-state index in [0.717, 1.165) is 19.3 Å². The van der Waals surface area contributed by atoms with Gasteiger partial charge in [0, 0.05) is 6.61 Å². The average Bonchev–Trinajstić information content (AvgIpc) is 2.03. The topological polar surface area (TPSA) is 29.5 Å². The Morgan fingerprint density at radius 1 is 1.18 bits per heavy atom. The fourth-order valence-electron chi connectivity index (χ4n) is 0.892. The predicted octanol–water partition coefficient (Wildman–Crippen LogP) is 2.09. The van der Waals surface area contributed by atoms with Crippen LogP contribution in [0.25, 0.3) is 0 Å². The molecule has 0 amide bonds. The highest BCUT2D eigenvalue weighted by Crippen LogP contribution is 2.02. The van der Waals surface area contributed by atoms with Crippen LogP contribution in [0.15, 0.2) is 12.3 Å². The lowest BCUT2D eigenvalue weighted by Crippen LogP contribution is -1.82. The van der Waals surface area contributed by atoms with Gasteiger partial charge in [0.25, 0.3) is 0 Å². The SMILES string of the molecule is CO/C=C/CCCCCCO. The molecule has 0 heterocycles. The van der Waals surface area contributed by atoms with Crippen molar-refractivity contribution in [2.24, 2.45) is 0 Å². The van der Waals surface area contributed by atoms with Crippen LogP contribution in [0, 0.1) is 0 Å². The molecular weight excluding hydrogens is 140 g/mol. The van der Waals surface area contributed by atoms with E-state index in [-0.39, 0.29) is 0 Å². The standard InChI is InChI=1S/C9H18O2/c1-11-9-7-5-3-2-4-6-8-10/h7,9-10H,2-6,8H2,1H3/b9-7+. The van der Waals surface area contributed by atoms with Crippen LogP contribution in [0.3, 0.4) is 0 Å². The third-order valence-electron chi connectivity index (χ3n) is 1.51. The minimum atomic E-state index is 0.327. The first-order valence-electron chi connectivity index (χ1n) is 4.20. The quantitative estimate of drug-likeness (QED) is 0.454. The molecule has 0 rings (SSSR count). The number of ether oxygens (including phenoxy) is 1. The second kappa shape index (κ2) is 9.50. The molecule has 0 aliphatic heterocycles. The third-order valence-corrected chi connectivity index (χ3v) is 1.51. The molecule has 0 aromatic heterocycles. The summed E-state index contributed by atoms with van der Waals surface area (Å²) in [6, 6.07) is 0. The maximum atomic E-state index is 8.47. The summed E-state index contributed by atoms with van der Waals surface area (Å²) in [6.07, 6.45) is 9.30. The molecule has 0 radical (unpaired) electrons. The van der Waals surface area contributed by atoms with Crippen LogP contribution in [-0.4, -0.2) is 18.8 Å². The van der Waals surface area contributed by atoms with Crippen molar-refractivity contribution >= 4 is 0 Å². The number of hydrogen-bond donors (Lipinski definition) is 1. The first-order valence-corrected chi connectivity index (χ1v) is 4.20. The summed E-state index contributed by atoms with van der Waals surface area (Å²) in [5.41, 5.74) is 0. The van der Waals surface area contributed by atoms with Crippen LogP contribution in [0.5, 0.6) is 0 Å².